The van der Waals surface area contributed by atoms with Crippen molar-refractivity contribution in [2.24, 2.45) is 0 Å². The summed E-state index contributed by atoms with van der Waals surface area (Å²) in [5, 5.41) is 4.02. The van der Waals surface area contributed by atoms with E-state index in [0.717, 1.165) is 21.2 Å². The fourth-order valence-electron chi connectivity index (χ4n) is 1.40. The van der Waals surface area contributed by atoms with Crippen LogP contribution in [0.3, 0.4) is 0 Å². The van der Waals surface area contributed by atoms with E-state index in [1.807, 2.05) is 25.1 Å². The Balaban J connectivity index is 2.10. The SMILES string of the molecule is Cc1cccc(Cl)c1NCc1cnc(Cl)s1. The highest BCUT2D eigenvalue weighted by Crippen LogP contribution is 2.26. The second kappa shape index (κ2) is 5.04. The van der Waals surface area contributed by atoms with Gasteiger partial charge in [0.2, 0.25) is 0 Å². The van der Waals surface area contributed by atoms with Crippen molar-refractivity contribution in [3.8, 4) is 0 Å². The summed E-state index contributed by atoms with van der Waals surface area (Å²) in [6.45, 7) is 2.71. The van der Waals surface area contributed by atoms with Crippen LogP contribution in [0.1, 0.15) is 10.4 Å². The van der Waals surface area contributed by atoms with Crippen molar-refractivity contribution in [1.29, 1.82) is 0 Å². The van der Waals surface area contributed by atoms with Crippen LogP contribution < -0.4 is 5.32 Å². The Bertz CT molecular complexity index is 476. The van der Waals surface area contributed by atoms with Crippen molar-refractivity contribution in [3.63, 3.8) is 0 Å². The first-order valence-electron chi connectivity index (χ1n) is 4.76. The van der Waals surface area contributed by atoms with E-state index in [1.165, 1.54) is 11.3 Å². The molecule has 0 saturated carbocycles. The third-order valence-electron chi connectivity index (χ3n) is 2.19. The van der Waals surface area contributed by atoms with E-state index < -0.39 is 0 Å². The average molecular weight is 273 g/mol. The van der Waals surface area contributed by atoms with Crippen molar-refractivity contribution in [2.75, 3.05) is 5.32 Å². The van der Waals surface area contributed by atoms with Crippen LogP contribution in [-0.4, -0.2) is 4.98 Å². The standard InChI is InChI=1S/C11H10Cl2N2S/c1-7-3-2-4-9(12)10(7)14-5-8-6-15-11(13)16-8/h2-4,6,14H,5H2,1H3. The second-order valence-electron chi connectivity index (χ2n) is 3.36. The molecular weight excluding hydrogens is 263 g/mol. The highest BCUT2D eigenvalue weighted by molar-refractivity contribution is 7.15. The number of anilines is 1. The lowest BCUT2D eigenvalue weighted by molar-refractivity contribution is 1.16. The Labute approximate surface area is 108 Å². The molecule has 0 aliphatic rings. The number of nitrogens with zero attached hydrogens (tertiary/aromatic N) is 1. The monoisotopic (exact) mass is 272 g/mol. The summed E-state index contributed by atoms with van der Waals surface area (Å²) >= 11 is 13.3. The number of hydrogen-bond donors (Lipinski definition) is 1. The topological polar surface area (TPSA) is 24.9 Å². The zero-order chi connectivity index (χ0) is 11.5. The number of para-hydroxylation sites is 1. The van der Waals surface area contributed by atoms with Gasteiger partial charge < -0.3 is 5.32 Å². The minimum absolute atomic E-state index is 0.563. The number of thiazole rings is 1. The van der Waals surface area contributed by atoms with Gasteiger partial charge in [0.1, 0.15) is 0 Å². The van der Waals surface area contributed by atoms with E-state index >= 15 is 0 Å². The summed E-state index contributed by atoms with van der Waals surface area (Å²) in [5.74, 6) is 0. The van der Waals surface area contributed by atoms with Crippen molar-refractivity contribution < 1.29 is 0 Å². The zero-order valence-corrected chi connectivity index (χ0v) is 11.0. The Kier molecular flexibility index (Phi) is 3.69. The molecule has 1 aromatic carbocycles. The van der Waals surface area contributed by atoms with Crippen molar-refractivity contribution in [3.05, 3.63) is 44.3 Å². The molecule has 0 radical (unpaired) electrons. The molecular formula is C11H10Cl2N2S. The fraction of sp³-hybridized carbons (Fsp3) is 0.182. The molecule has 0 bridgehead atoms. The number of aromatic nitrogens is 1. The molecule has 0 aliphatic carbocycles. The molecule has 2 rings (SSSR count). The van der Waals surface area contributed by atoms with Gasteiger partial charge in [0.25, 0.3) is 0 Å². The van der Waals surface area contributed by atoms with Crippen LogP contribution in [0.25, 0.3) is 0 Å². The first-order valence-corrected chi connectivity index (χ1v) is 6.33. The zero-order valence-electron chi connectivity index (χ0n) is 8.63. The van der Waals surface area contributed by atoms with E-state index in [9.17, 15) is 0 Å². The Morgan fingerprint density at radius 2 is 2.19 bits per heavy atom. The summed E-state index contributed by atoms with van der Waals surface area (Å²) in [5.41, 5.74) is 2.09. The summed E-state index contributed by atoms with van der Waals surface area (Å²) in [7, 11) is 0. The molecule has 2 aromatic rings. The van der Waals surface area contributed by atoms with Gasteiger partial charge in [0, 0.05) is 11.1 Å². The largest absolute Gasteiger partial charge is 0.379 e. The van der Waals surface area contributed by atoms with Gasteiger partial charge in [0.05, 0.1) is 17.3 Å². The molecule has 1 aromatic heterocycles. The van der Waals surface area contributed by atoms with Gasteiger partial charge in [-0.2, -0.15) is 0 Å². The predicted molar refractivity (Wildman–Crippen MR) is 70.6 cm³/mol. The summed E-state index contributed by atoms with van der Waals surface area (Å²) in [6, 6.07) is 5.83. The molecule has 1 heterocycles. The predicted octanol–water partition coefficient (Wildman–Crippen LogP) is 4.37. The van der Waals surface area contributed by atoms with Crippen LogP contribution in [0.5, 0.6) is 0 Å². The van der Waals surface area contributed by atoms with Crippen LogP contribution >= 0.6 is 34.5 Å². The average Bonchev–Trinajstić information content (AvgIpc) is 2.63. The molecule has 0 unspecified atom stereocenters. The Morgan fingerprint density at radius 3 is 2.81 bits per heavy atom. The van der Waals surface area contributed by atoms with Gasteiger partial charge in [0.15, 0.2) is 4.47 Å². The quantitative estimate of drug-likeness (QED) is 0.898. The highest BCUT2D eigenvalue weighted by Gasteiger charge is 2.04. The maximum Gasteiger partial charge on any atom is 0.183 e. The number of halogens is 2. The normalized spacial score (nSPS) is 10.4. The Morgan fingerprint density at radius 1 is 1.38 bits per heavy atom. The maximum absolute atomic E-state index is 6.10. The van der Waals surface area contributed by atoms with E-state index in [1.54, 1.807) is 6.20 Å². The van der Waals surface area contributed by atoms with Gasteiger partial charge in [-0.15, -0.1) is 11.3 Å². The van der Waals surface area contributed by atoms with Crippen molar-refractivity contribution in [2.45, 2.75) is 13.5 Å². The molecule has 16 heavy (non-hydrogen) atoms. The summed E-state index contributed by atoms with van der Waals surface area (Å²) in [4.78, 5) is 5.07. The number of hydrogen-bond acceptors (Lipinski definition) is 3. The maximum atomic E-state index is 6.10. The third-order valence-corrected chi connectivity index (χ3v) is 3.62. The van der Waals surface area contributed by atoms with Gasteiger partial charge in [-0.05, 0) is 18.6 Å². The van der Waals surface area contributed by atoms with Crippen LogP contribution in [0, 0.1) is 6.92 Å². The summed E-state index contributed by atoms with van der Waals surface area (Å²) < 4.78 is 0.563. The number of benzene rings is 1. The van der Waals surface area contributed by atoms with Gasteiger partial charge in [-0.25, -0.2) is 4.98 Å². The molecule has 0 spiro atoms. The van der Waals surface area contributed by atoms with Crippen LogP contribution in [0.15, 0.2) is 24.4 Å². The summed E-state index contributed by atoms with van der Waals surface area (Å²) in [6.07, 6.45) is 1.77. The smallest absolute Gasteiger partial charge is 0.183 e. The minimum atomic E-state index is 0.563. The molecule has 0 fully saturated rings. The van der Waals surface area contributed by atoms with Crippen molar-refractivity contribution in [1.82, 2.24) is 4.98 Å². The molecule has 0 saturated heterocycles. The van der Waals surface area contributed by atoms with Crippen molar-refractivity contribution >= 4 is 40.2 Å². The van der Waals surface area contributed by atoms with Gasteiger partial charge in [-0.3, -0.25) is 0 Å². The highest BCUT2D eigenvalue weighted by atomic mass is 35.5. The molecule has 5 heteroatoms. The lowest BCUT2D eigenvalue weighted by Gasteiger charge is -2.09. The molecule has 1 N–H and O–H groups in total. The first-order chi connectivity index (χ1) is 7.66. The molecule has 0 atom stereocenters. The van der Waals surface area contributed by atoms with E-state index in [-0.39, 0.29) is 0 Å². The number of aryl methyl sites for hydroxylation is 1. The lowest BCUT2D eigenvalue weighted by atomic mass is 10.2. The molecule has 2 nitrogen and oxygen atoms in total. The lowest BCUT2D eigenvalue weighted by Crippen LogP contribution is -1.99. The molecule has 84 valence electrons. The van der Waals surface area contributed by atoms with Gasteiger partial charge in [-0.1, -0.05) is 35.3 Å². The Hall–Kier alpha value is -0.770. The second-order valence-corrected chi connectivity index (χ2v) is 5.47. The van der Waals surface area contributed by atoms with Crippen LogP contribution in [-0.2, 0) is 6.54 Å². The third kappa shape index (κ3) is 2.67. The molecule has 0 amide bonds. The van der Waals surface area contributed by atoms with Crippen LogP contribution in [0.4, 0.5) is 5.69 Å². The van der Waals surface area contributed by atoms with Crippen LogP contribution in [0.2, 0.25) is 9.49 Å². The molecule has 0 aliphatic heterocycles. The fourth-order valence-corrected chi connectivity index (χ4v) is 2.60. The number of rotatable bonds is 3. The van der Waals surface area contributed by atoms with E-state index in [0.29, 0.717) is 11.0 Å². The first kappa shape index (κ1) is 11.7. The van der Waals surface area contributed by atoms with Gasteiger partial charge >= 0.3 is 0 Å². The van der Waals surface area contributed by atoms with E-state index in [4.69, 9.17) is 23.2 Å². The van der Waals surface area contributed by atoms with E-state index in [2.05, 4.69) is 10.3 Å². The number of nitrogens with one attached hydrogen (secondary N) is 1. The minimum Gasteiger partial charge on any atom is -0.379 e.